The largest absolute Gasteiger partial charge is 1.00 e. The number of quaternary nitrogens is 1. The number of nitrogens with two attached hydrogens (primary N) is 1. The van der Waals surface area contributed by atoms with Gasteiger partial charge in [-0.15, -0.1) is 6.42 Å². The smallest absolute Gasteiger partial charge is 0.414 e. The summed E-state index contributed by atoms with van der Waals surface area (Å²) in [7, 11) is 3.31. The third-order valence-electron chi connectivity index (χ3n) is 2.37. The van der Waals surface area contributed by atoms with Gasteiger partial charge in [-0.2, -0.15) is 0 Å². The van der Waals surface area contributed by atoms with E-state index in [9.17, 15) is 4.79 Å². The Labute approximate surface area is 120 Å². The Hall–Kier alpha value is -1.70. The van der Waals surface area contributed by atoms with Crippen LogP contribution in [0.5, 0.6) is 5.75 Å². The highest BCUT2D eigenvalue weighted by molar-refractivity contribution is 5.69. The molecule has 4 nitrogen and oxygen atoms in total. The van der Waals surface area contributed by atoms with Crippen LogP contribution in [0.1, 0.15) is 5.56 Å². The van der Waals surface area contributed by atoms with Crippen LogP contribution in [0.2, 0.25) is 0 Å². The van der Waals surface area contributed by atoms with Crippen molar-refractivity contribution in [2.75, 3.05) is 27.2 Å². The Balaban J connectivity index is 0.00000324. The van der Waals surface area contributed by atoms with E-state index in [4.69, 9.17) is 11.2 Å². The van der Waals surface area contributed by atoms with Crippen molar-refractivity contribution in [2.24, 2.45) is 0 Å². The summed E-state index contributed by atoms with van der Waals surface area (Å²) < 4.78 is 5.19. The highest BCUT2D eigenvalue weighted by atomic mass is 35.5. The van der Waals surface area contributed by atoms with Crippen LogP contribution < -0.4 is 22.5 Å². The summed E-state index contributed by atoms with van der Waals surface area (Å²) in [5.74, 6) is 3.15. The van der Waals surface area contributed by atoms with Crippen molar-refractivity contribution in [3.8, 4) is 18.1 Å². The summed E-state index contributed by atoms with van der Waals surface area (Å²) in [5, 5.41) is 2.07. The van der Waals surface area contributed by atoms with Gasteiger partial charge in [-0.25, -0.2) is 4.79 Å². The van der Waals surface area contributed by atoms with E-state index in [1.54, 1.807) is 20.2 Å². The second-order valence-electron chi connectivity index (χ2n) is 4.15. The first kappa shape index (κ1) is 17.3. The lowest BCUT2D eigenvalue weighted by Gasteiger charge is -2.11. The molecule has 5 heteroatoms. The summed E-state index contributed by atoms with van der Waals surface area (Å²) in [6.45, 7) is 1.62. The normalized spacial score (nSPS) is 9.11. The van der Waals surface area contributed by atoms with Crippen molar-refractivity contribution in [3.63, 3.8) is 0 Å². The van der Waals surface area contributed by atoms with Crippen molar-refractivity contribution < 1.29 is 27.3 Å². The molecular formula is C14H19ClN2O2. The molecule has 0 saturated heterocycles. The minimum Gasteiger partial charge on any atom is -1.00 e. The fourth-order valence-electron chi connectivity index (χ4n) is 1.41. The molecule has 2 N–H and O–H groups in total. The Morgan fingerprint density at radius 3 is 2.84 bits per heavy atom. The van der Waals surface area contributed by atoms with Crippen LogP contribution in [0.3, 0.4) is 0 Å². The van der Waals surface area contributed by atoms with Crippen LogP contribution in [-0.2, 0) is 6.42 Å². The minimum absolute atomic E-state index is 0. The number of rotatable bonds is 5. The molecule has 0 saturated carbocycles. The topological polar surface area (TPSA) is 46.1 Å². The monoisotopic (exact) mass is 282 g/mol. The van der Waals surface area contributed by atoms with E-state index in [1.807, 2.05) is 18.2 Å². The lowest BCUT2D eigenvalue weighted by Crippen LogP contribution is -3.00. The zero-order valence-corrected chi connectivity index (χ0v) is 12.0. The Morgan fingerprint density at radius 1 is 1.47 bits per heavy atom. The number of carbonyl (C=O) groups excluding carboxylic acids is 1. The van der Waals surface area contributed by atoms with Gasteiger partial charge in [0.25, 0.3) is 0 Å². The number of ether oxygens (including phenoxy) is 1. The number of carbonyl (C=O) groups is 1. The number of benzene rings is 1. The SMILES string of the molecule is C#CC[NH2+]CCc1cccc(OC(=O)N(C)C)c1.[Cl-]. The second-order valence-corrected chi connectivity index (χ2v) is 4.15. The van der Waals surface area contributed by atoms with Gasteiger partial charge in [0.2, 0.25) is 0 Å². The van der Waals surface area contributed by atoms with E-state index < -0.39 is 0 Å². The van der Waals surface area contributed by atoms with Gasteiger partial charge in [0.05, 0.1) is 6.54 Å². The van der Waals surface area contributed by atoms with Crippen LogP contribution in [-0.4, -0.2) is 38.2 Å². The molecule has 0 aromatic heterocycles. The molecule has 0 radical (unpaired) electrons. The van der Waals surface area contributed by atoms with E-state index in [0.29, 0.717) is 12.3 Å². The van der Waals surface area contributed by atoms with Gasteiger partial charge in [0.1, 0.15) is 12.3 Å². The van der Waals surface area contributed by atoms with Crippen molar-refractivity contribution in [2.45, 2.75) is 6.42 Å². The molecular weight excluding hydrogens is 264 g/mol. The fourth-order valence-corrected chi connectivity index (χ4v) is 1.41. The maximum absolute atomic E-state index is 11.4. The van der Waals surface area contributed by atoms with E-state index in [1.165, 1.54) is 4.90 Å². The molecule has 1 amide bonds. The average molecular weight is 283 g/mol. The van der Waals surface area contributed by atoms with Crippen molar-refractivity contribution in [1.29, 1.82) is 0 Å². The Bertz CT molecular complexity index is 441. The van der Waals surface area contributed by atoms with Gasteiger partial charge < -0.3 is 27.4 Å². The van der Waals surface area contributed by atoms with E-state index in [2.05, 4.69) is 11.2 Å². The number of halogens is 1. The molecule has 1 aromatic rings. The van der Waals surface area contributed by atoms with Crippen LogP contribution in [0.4, 0.5) is 4.79 Å². The van der Waals surface area contributed by atoms with Crippen LogP contribution in [0, 0.1) is 12.3 Å². The number of nitrogens with zero attached hydrogens (tertiary/aromatic N) is 1. The van der Waals surface area contributed by atoms with Crippen LogP contribution in [0.25, 0.3) is 0 Å². The maximum Gasteiger partial charge on any atom is 0.414 e. The van der Waals surface area contributed by atoms with Crippen LogP contribution >= 0.6 is 0 Å². The second kappa shape index (κ2) is 9.26. The van der Waals surface area contributed by atoms with Gasteiger partial charge in [-0.05, 0) is 23.6 Å². The molecule has 1 rings (SSSR count). The van der Waals surface area contributed by atoms with E-state index in [-0.39, 0.29) is 18.5 Å². The molecule has 0 atom stereocenters. The van der Waals surface area contributed by atoms with Gasteiger partial charge in [0, 0.05) is 20.5 Å². The fraction of sp³-hybridized carbons (Fsp3) is 0.357. The van der Waals surface area contributed by atoms with Gasteiger partial charge in [-0.1, -0.05) is 12.1 Å². The predicted octanol–water partition coefficient (Wildman–Crippen LogP) is -2.51. The molecule has 0 aliphatic rings. The third-order valence-corrected chi connectivity index (χ3v) is 2.37. The summed E-state index contributed by atoms with van der Waals surface area (Å²) in [6, 6.07) is 7.55. The van der Waals surface area contributed by atoms with Crippen molar-refractivity contribution in [3.05, 3.63) is 29.8 Å². The number of amides is 1. The standard InChI is InChI=1S/C14H18N2O2.ClH/c1-4-9-15-10-8-12-6-5-7-13(11-12)18-14(17)16(2)3;/h1,5-7,11,15H,8-10H2,2-3H3;1H. The first-order valence-electron chi connectivity index (χ1n) is 5.86. The van der Waals surface area contributed by atoms with E-state index in [0.717, 1.165) is 18.5 Å². The summed E-state index contributed by atoms with van der Waals surface area (Å²) in [4.78, 5) is 12.8. The Morgan fingerprint density at radius 2 is 2.21 bits per heavy atom. The molecule has 0 aliphatic carbocycles. The van der Waals surface area contributed by atoms with Gasteiger partial charge in [0.15, 0.2) is 0 Å². The third kappa shape index (κ3) is 6.70. The van der Waals surface area contributed by atoms with Crippen molar-refractivity contribution in [1.82, 2.24) is 4.90 Å². The predicted molar refractivity (Wildman–Crippen MR) is 70.3 cm³/mol. The first-order chi connectivity index (χ1) is 8.63. The minimum atomic E-state index is -0.369. The number of hydrogen-bond acceptors (Lipinski definition) is 2. The average Bonchev–Trinajstić information content (AvgIpc) is 2.35. The first-order valence-corrected chi connectivity index (χ1v) is 5.86. The molecule has 0 heterocycles. The van der Waals surface area contributed by atoms with Crippen LogP contribution in [0.15, 0.2) is 24.3 Å². The molecule has 0 bridgehead atoms. The highest BCUT2D eigenvalue weighted by Crippen LogP contribution is 2.14. The highest BCUT2D eigenvalue weighted by Gasteiger charge is 2.06. The Kier molecular flexibility index (Phi) is 8.43. The molecule has 0 unspecified atom stereocenters. The lowest BCUT2D eigenvalue weighted by molar-refractivity contribution is -0.643. The maximum atomic E-state index is 11.4. The molecule has 19 heavy (non-hydrogen) atoms. The summed E-state index contributed by atoms with van der Waals surface area (Å²) in [6.07, 6.45) is 5.70. The quantitative estimate of drug-likeness (QED) is 0.479. The molecule has 0 spiro atoms. The summed E-state index contributed by atoms with van der Waals surface area (Å²) >= 11 is 0. The molecule has 1 aromatic carbocycles. The zero-order valence-electron chi connectivity index (χ0n) is 11.2. The molecule has 0 fully saturated rings. The van der Waals surface area contributed by atoms with E-state index >= 15 is 0 Å². The lowest BCUT2D eigenvalue weighted by atomic mass is 10.1. The number of terminal acetylenes is 1. The molecule has 0 aliphatic heterocycles. The summed E-state index contributed by atoms with van der Waals surface area (Å²) in [5.41, 5.74) is 1.13. The molecule has 104 valence electrons. The van der Waals surface area contributed by atoms with Gasteiger partial charge in [-0.3, -0.25) is 0 Å². The number of hydrogen-bond donors (Lipinski definition) is 1. The van der Waals surface area contributed by atoms with Crippen molar-refractivity contribution >= 4 is 6.09 Å². The zero-order chi connectivity index (χ0) is 13.4. The van der Waals surface area contributed by atoms with Gasteiger partial charge >= 0.3 is 6.09 Å².